The van der Waals surface area contributed by atoms with Gasteiger partial charge in [-0.25, -0.2) is 15.0 Å². The highest BCUT2D eigenvalue weighted by molar-refractivity contribution is 5.93. The molecule has 2 heterocycles. The van der Waals surface area contributed by atoms with Crippen LogP contribution in [0.5, 0.6) is 0 Å². The number of nitrogens with one attached hydrogen (secondary N) is 2. The Labute approximate surface area is 324 Å². The third-order valence-corrected chi connectivity index (χ3v) is 9.80. The minimum Gasteiger partial charge on any atom is -0.315 e. The number of aryl methyl sites for hydroxylation is 5. The zero-order chi connectivity index (χ0) is 40.5. The molecule has 6 aromatic rings. The molecule has 0 aliphatic heterocycles. The number of carbonyl (C=O) groups is 1. The maximum absolute atomic E-state index is 13.6. The maximum atomic E-state index is 13.6. The third-order valence-electron chi connectivity index (χ3n) is 9.80. The number of carbonyl (C=O) groups excluding carboxylic acids is 1. The molecule has 0 saturated carbocycles. The number of hydrogen-bond donors (Lipinski definition) is 2. The van der Waals surface area contributed by atoms with Crippen molar-refractivity contribution in [3.63, 3.8) is 0 Å². The van der Waals surface area contributed by atoms with Crippen LogP contribution in [0.25, 0.3) is 46.8 Å². The number of anilines is 1. The number of rotatable bonds is 9. The average Bonchev–Trinajstić information content (AvgIpc) is 3.14. The quantitative estimate of drug-likeness (QED) is 0.151. The molecule has 11 nitrogen and oxygen atoms in total. The first kappa shape index (κ1) is 39.1. The first-order valence-corrected chi connectivity index (χ1v) is 18.3. The lowest BCUT2D eigenvalue weighted by Crippen LogP contribution is -2.47. The smallest absolute Gasteiger partial charge is 0.262 e. The Hall–Kier alpha value is -6.62. The highest BCUT2D eigenvalue weighted by atomic mass is 16.3. The molecule has 2 aromatic heterocycles. The number of H-pyrrole nitrogens is 2. The lowest BCUT2D eigenvalue weighted by molar-refractivity contribution is -0.118. The van der Waals surface area contributed by atoms with E-state index >= 15 is 0 Å². The normalized spacial score (nSPS) is 11.4. The molecule has 0 saturated heterocycles. The molecule has 2 N–H and O–H groups in total. The van der Waals surface area contributed by atoms with Gasteiger partial charge in [-0.3, -0.25) is 14.4 Å². The summed E-state index contributed by atoms with van der Waals surface area (Å²) in [6, 6.07) is 23.0. The van der Waals surface area contributed by atoms with Crippen LogP contribution >= 0.6 is 0 Å². The lowest BCUT2D eigenvalue weighted by atomic mass is 9.82. The summed E-state index contributed by atoms with van der Waals surface area (Å²) in [4.78, 5) is 72.4. The molecule has 0 aliphatic rings. The van der Waals surface area contributed by atoms with Gasteiger partial charge in [-0.1, -0.05) is 93.1 Å². The molecule has 0 spiro atoms. The molecule has 1 amide bonds. The Bertz CT molecular complexity index is 2640. The zero-order valence-corrected chi connectivity index (χ0v) is 33.0. The molecular weight excluding hydrogens is 703 g/mol. The van der Waals surface area contributed by atoms with Gasteiger partial charge in [0, 0.05) is 35.8 Å². The summed E-state index contributed by atoms with van der Waals surface area (Å²) in [6.45, 7) is 17.7. The van der Waals surface area contributed by atoms with Gasteiger partial charge in [0.2, 0.25) is 5.91 Å². The number of aromatic nitrogens is 5. The van der Waals surface area contributed by atoms with Gasteiger partial charge in [-0.2, -0.15) is 0 Å². The summed E-state index contributed by atoms with van der Waals surface area (Å²) in [7, 11) is 1.70. The fraction of sp³-hybridized carbons (Fsp3) is 0.244. The van der Waals surface area contributed by atoms with E-state index in [2.05, 4.69) is 33.9 Å². The molecule has 0 aliphatic carbocycles. The predicted molar refractivity (Wildman–Crippen MR) is 223 cm³/mol. The molecule has 0 radical (unpaired) electrons. The number of benzene rings is 4. The van der Waals surface area contributed by atoms with Crippen molar-refractivity contribution >= 4 is 29.9 Å². The summed E-state index contributed by atoms with van der Waals surface area (Å²) < 4.78 is 0. The second kappa shape index (κ2) is 15.6. The molecule has 0 fully saturated rings. The van der Waals surface area contributed by atoms with Crippen molar-refractivity contribution in [3.8, 4) is 34.2 Å². The van der Waals surface area contributed by atoms with Crippen LogP contribution in [0.15, 0.2) is 87.6 Å². The highest BCUT2D eigenvalue weighted by Gasteiger charge is 2.26. The number of hydrogen-bond acceptors (Lipinski definition) is 8. The molecule has 0 atom stereocenters. The van der Waals surface area contributed by atoms with Crippen molar-refractivity contribution in [2.75, 3.05) is 11.9 Å². The Kier molecular flexibility index (Phi) is 10.9. The van der Waals surface area contributed by atoms with Gasteiger partial charge in [-0.05, 0) is 96.8 Å². The van der Waals surface area contributed by atoms with Crippen LogP contribution in [0.2, 0.25) is 0 Å². The van der Waals surface area contributed by atoms with Crippen LogP contribution in [0.1, 0.15) is 66.1 Å². The summed E-state index contributed by atoms with van der Waals surface area (Å²) in [6.07, 6.45) is 2.02. The van der Waals surface area contributed by atoms with Gasteiger partial charge in [0.25, 0.3) is 11.1 Å². The van der Waals surface area contributed by atoms with Crippen molar-refractivity contribution in [3.05, 3.63) is 148 Å². The lowest BCUT2D eigenvalue weighted by Gasteiger charge is -2.23. The summed E-state index contributed by atoms with van der Waals surface area (Å²) in [5, 5.41) is 3.52. The second-order valence-electron chi connectivity index (χ2n) is 15.3. The van der Waals surface area contributed by atoms with Crippen LogP contribution < -0.4 is 26.7 Å². The summed E-state index contributed by atoms with van der Waals surface area (Å²) in [5.74, 6) is 1.15. The Morgan fingerprint density at radius 3 is 1.77 bits per heavy atom. The highest BCUT2D eigenvalue weighted by Crippen LogP contribution is 2.41. The molecule has 11 heteroatoms. The van der Waals surface area contributed by atoms with Crippen LogP contribution in [-0.2, 0) is 16.6 Å². The fourth-order valence-electron chi connectivity index (χ4n) is 6.74. The largest absolute Gasteiger partial charge is 0.315 e. The molecular formula is C45H45N7O4. The minimum absolute atomic E-state index is 0.0421. The number of nitroso groups, excluding NO2 is 1. The van der Waals surface area contributed by atoms with E-state index < -0.39 is 16.5 Å². The van der Waals surface area contributed by atoms with Crippen LogP contribution in [0, 0.1) is 32.6 Å². The van der Waals surface area contributed by atoms with E-state index in [9.17, 15) is 19.3 Å². The molecule has 284 valence electrons. The third kappa shape index (κ3) is 8.37. The molecule has 0 unspecified atom stereocenters. The van der Waals surface area contributed by atoms with Crippen molar-refractivity contribution in [1.82, 2.24) is 24.9 Å². The van der Waals surface area contributed by atoms with E-state index in [1.165, 1.54) is 6.08 Å². The minimum atomic E-state index is -0.538. The van der Waals surface area contributed by atoms with Gasteiger partial charge in [0.15, 0.2) is 17.5 Å². The molecule has 6 rings (SSSR count). The maximum Gasteiger partial charge on any atom is 0.262 e. The van der Waals surface area contributed by atoms with Gasteiger partial charge < -0.3 is 14.9 Å². The topological polar surface area (TPSA) is 154 Å². The van der Waals surface area contributed by atoms with Crippen molar-refractivity contribution in [2.24, 2.45) is 5.18 Å². The fourth-order valence-corrected chi connectivity index (χ4v) is 6.74. The Balaban J connectivity index is 1.37. The number of amides is 1. The van der Waals surface area contributed by atoms with Gasteiger partial charge in [0.1, 0.15) is 16.4 Å². The van der Waals surface area contributed by atoms with E-state index in [0.29, 0.717) is 40.7 Å². The Morgan fingerprint density at radius 2 is 1.29 bits per heavy atom. The van der Waals surface area contributed by atoms with Gasteiger partial charge >= 0.3 is 0 Å². The molecule has 0 bridgehead atoms. The SMILES string of the molecule is C=c1[nH]c(=O)c(=Cc2ccc(N(C)C(=O)CCc3cc(-c4nc(-c5ccc(C)cc5C)nc(-c5ccc(C)cc5C)n4)c(N=O)c(C(C)(C)C)c3)cc2)c(=O)[nH]1. The standard InChI is InChI=1S/C45H45N7O4/c1-25-10-17-33(27(3)20-25)40-48-41(34-18-11-26(2)21-28(34)4)50-42(49-40)35-23-31(24-37(39(35)51-56)45(6,7)8)14-19-38(53)52(9)32-15-12-30(13-16-32)22-36-43(54)46-29(5)47-44(36)55/h10-13,15-18,20-24H,5,14,19H2,1-4,6-9H3,(H,46,54)(H,47,55). The van der Waals surface area contributed by atoms with Crippen molar-refractivity contribution in [2.45, 2.75) is 66.7 Å². The average molecular weight is 748 g/mol. The second-order valence-corrected chi connectivity index (χ2v) is 15.3. The van der Waals surface area contributed by atoms with Crippen LogP contribution in [0.3, 0.4) is 0 Å². The van der Waals surface area contributed by atoms with Crippen LogP contribution in [-0.4, -0.2) is 37.9 Å². The zero-order valence-electron chi connectivity index (χ0n) is 33.0. The molecule has 4 aromatic carbocycles. The van der Waals surface area contributed by atoms with Crippen molar-refractivity contribution in [1.29, 1.82) is 0 Å². The van der Waals surface area contributed by atoms with E-state index in [1.807, 2.05) is 84.9 Å². The first-order chi connectivity index (χ1) is 26.5. The number of nitrogens with zero attached hydrogens (tertiary/aromatic N) is 5. The predicted octanol–water partition coefficient (Wildman–Crippen LogP) is 7.01. The van der Waals surface area contributed by atoms with E-state index in [0.717, 1.165) is 44.5 Å². The van der Waals surface area contributed by atoms with Crippen molar-refractivity contribution < 1.29 is 4.79 Å². The van der Waals surface area contributed by atoms with Crippen LogP contribution in [0.4, 0.5) is 11.4 Å². The van der Waals surface area contributed by atoms with Gasteiger partial charge in [-0.15, -0.1) is 4.91 Å². The van der Waals surface area contributed by atoms with E-state index in [4.69, 9.17) is 15.0 Å². The first-order valence-electron chi connectivity index (χ1n) is 18.3. The monoisotopic (exact) mass is 747 g/mol. The van der Waals surface area contributed by atoms with E-state index in [-0.39, 0.29) is 28.7 Å². The number of aromatic amines is 2. The summed E-state index contributed by atoms with van der Waals surface area (Å²) in [5.41, 5.74) is 8.07. The Morgan fingerprint density at radius 1 is 0.768 bits per heavy atom. The summed E-state index contributed by atoms with van der Waals surface area (Å²) >= 11 is 0. The molecule has 56 heavy (non-hydrogen) atoms. The van der Waals surface area contributed by atoms with E-state index in [1.54, 1.807) is 36.2 Å². The van der Waals surface area contributed by atoms with Gasteiger partial charge in [0.05, 0.1) is 0 Å².